The predicted molar refractivity (Wildman–Crippen MR) is 120 cm³/mol. The zero-order chi connectivity index (χ0) is 22.0. The van der Waals surface area contributed by atoms with Crippen molar-refractivity contribution in [3.8, 4) is 56.9 Å². The number of nitrogens with zero attached hydrogens (tertiary/aromatic N) is 2. The Hall–Kier alpha value is -4.06. The number of benzene rings is 2. The van der Waals surface area contributed by atoms with Gasteiger partial charge in [-0.2, -0.15) is 0 Å². The van der Waals surface area contributed by atoms with Crippen molar-refractivity contribution < 1.29 is 19.7 Å². The van der Waals surface area contributed by atoms with Crippen LogP contribution in [0.5, 0.6) is 23.0 Å². The molecule has 0 aliphatic carbocycles. The van der Waals surface area contributed by atoms with Crippen LogP contribution in [-0.4, -0.2) is 34.4 Å². The Bertz CT molecular complexity index is 1250. The van der Waals surface area contributed by atoms with Crippen molar-refractivity contribution in [2.45, 2.75) is 6.92 Å². The quantitative estimate of drug-likeness (QED) is 0.466. The van der Waals surface area contributed by atoms with Crippen LogP contribution >= 0.6 is 0 Å². The molecule has 0 aliphatic rings. The molecule has 0 saturated heterocycles. The van der Waals surface area contributed by atoms with Crippen LogP contribution in [0.15, 0.2) is 66.7 Å². The van der Waals surface area contributed by atoms with Crippen LogP contribution in [0.1, 0.15) is 5.56 Å². The fraction of sp³-hybridized carbons (Fsp3) is 0.120. The predicted octanol–water partition coefficient (Wildman–Crippen LogP) is 5.21. The number of rotatable bonds is 5. The Labute approximate surface area is 180 Å². The maximum absolute atomic E-state index is 10.6. The molecule has 0 fully saturated rings. The molecule has 6 heteroatoms. The summed E-state index contributed by atoms with van der Waals surface area (Å²) in [5, 5.41) is 20.9. The average molecular weight is 414 g/mol. The van der Waals surface area contributed by atoms with Gasteiger partial charge in [0.05, 0.1) is 37.0 Å². The first-order valence-electron chi connectivity index (χ1n) is 9.70. The average Bonchev–Trinajstić information content (AvgIpc) is 2.81. The van der Waals surface area contributed by atoms with Crippen molar-refractivity contribution in [2.24, 2.45) is 0 Å². The summed E-state index contributed by atoms with van der Waals surface area (Å²) in [4.78, 5) is 9.41. The van der Waals surface area contributed by atoms with Gasteiger partial charge in [0.2, 0.25) is 0 Å². The van der Waals surface area contributed by atoms with Gasteiger partial charge in [-0.1, -0.05) is 12.1 Å². The minimum atomic E-state index is 0.0424. The lowest BCUT2D eigenvalue weighted by Gasteiger charge is -2.12. The maximum Gasteiger partial charge on any atom is 0.167 e. The molecule has 4 rings (SSSR count). The van der Waals surface area contributed by atoms with Crippen molar-refractivity contribution in [3.63, 3.8) is 0 Å². The van der Waals surface area contributed by atoms with Crippen molar-refractivity contribution in [3.05, 3.63) is 72.3 Å². The van der Waals surface area contributed by atoms with E-state index in [9.17, 15) is 10.2 Å². The number of phenolic OH excluding ortho intramolecular Hbond substituents is 2. The first-order chi connectivity index (χ1) is 15.0. The molecule has 156 valence electrons. The summed E-state index contributed by atoms with van der Waals surface area (Å²) in [7, 11) is 3.09. The first-order valence-corrected chi connectivity index (χ1v) is 9.70. The van der Waals surface area contributed by atoms with Crippen LogP contribution in [0.3, 0.4) is 0 Å². The lowest BCUT2D eigenvalue weighted by molar-refractivity contribution is 0.374. The van der Waals surface area contributed by atoms with Gasteiger partial charge in [0, 0.05) is 11.1 Å². The Balaban J connectivity index is 1.78. The number of phenols is 2. The largest absolute Gasteiger partial charge is 0.507 e. The Morgan fingerprint density at radius 1 is 0.677 bits per heavy atom. The third-order valence-corrected chi connectivity index (χ3v) is 4.96. The topological polar surface area (TPSA) is 84.7 Å². The molecule has 0 amide bonds. The standard InChI is InChI=1S/C25H22N2O4/c1-15-12-18(25(29)24(13-15)31-3)20-7-5-9-22(27-20)21-8-4-6-19(26-21)17-14-16(30-2)10-11-23(17)28/h4-14,28-29H,1-3H3. The molecule has 0 aliphatic heterocycles. The normalized spacial score (nSPS) is 10.7. The van der Waals surface area contributed by atoms with Crippen LogP contribution in [0.4, 0.5) is 0 Å². The number of hydrogen-bond acceptors (Lipinski definition) is 6. The molecular formula is C25H22N2O4. The van der Waals surface area contributed by atoms with E-state index in [1.165, 1.54) is 7.11 Å². The fourth-order valence-electron chi connectivity index (χ4n) is 3.40. The first kappa shape index (κ1) is 20.2. The molecule has 0 spiro atoms. The van der Waals surface area contributed by atoms with Crippen LogP contribution < -0.4 is 9.47 Å². The second-order valence-corrected chi connectivity index (χ2v) is 7.06. The summed E-state index contributed by atoms with van der Waals surface area (Å²) < 4.78 is 10.5. The number of methoxy groups -OCH3 is 2. The molecule has 31 heavy (non-hydrogen) atoms. The van der Waals surface area contributed by atoms with E-state index in [1.54, 1.807) is 31.4 Å². The third kappa shape index (κ3) is 4.00. The third-order valence-electron chi connectivity index (χ3n) is 4.96. The Kier molecular flexibility index (Phi) is 5.45. The van der Waals surface area contributed by atoms with Crippen molar-refractivity contribution in [1.29, 1.82) is 0 Å². The van der Waals surface area contributed by atoms with Gasteiger partial charge in [0.15, 0.2) is 11.5 Å². The summed E-state index contributed by atoms with van der Waals surface area (Å²) >= 11 is 0. The summed E-state index contributed by atoms with van der Waals surface area (Å²) in [6.07, 6.45) is 0. The van der Waals surface area contributed by atoms with Crippen LogP contribution in [0.2, 0.25) is 0 Å². The van der Waals surface area contributed by atoms with Crippen LogP contribution in [0.25, 0.3) is 33.9 Å². The lowest BCUT2D eigenvalue weighted by Crippen LogP contribution is -1.94. The van der Waals surface area contributed by atoms with Crippen LogP contribution in [0, 0.1) is 6.92 Å². The monoisotopic (exact) mass is 414 g/mol. The molecule has 0 bridgehead atoms. The van der Waals surface area contributed by atoms with Gasteiger partial charge in [-0.15, -0.1) is 0 Å². The highest BCUT2D eigenvalue weighted by molar-refractivity contribution is 5.74. The second-order valence-electron chi connectivity index (χ2n) is 7.06. The van der Waals surface area contributed by atoms with Gasteiger partial charge >= 0.3 is 0 Å². The number of ether oxygens (including phenoxy) is 2. The molecule has 0 unspecified atom stereocenters. The zero-order valence-corrected chi connectivity index (χ0v) is 17.5. The van der Waals surface area contributed by atoms with Gasteiger partial charge in [0.25, 0.3) is 0 Å². The second kappa shape index (κ2) is 8.36. The van der Waals surface area contributed by atoms with E-state index < -0.39 is 0 Å². The van der Waals surface area contributed by atoms with Crippen molar-refractivity contribution in [1.82, 2.24) is 9.97 Å². The lowest BCUT2D eigenvalue weighted by atomic mass is 10.0. The number of aromatic nitrogens is 2. The van der Waals surface area contributed by atoms with E-state index in [2.05, 4.69) is 0 Å². The number of aryl methyl sites for hydroxylation is 1. The fourth-order valence-corrected chi connectivity index (χ4v) is 3.40. The molecule has 2 heterocycles. The van der Waals surface area contributed by atoms with Gasteiger partial charge in [-0.05, 0) is 67.1 Å². The maximum atomic E-state index is 10.6. The Morgan fingerprint density at radius 2 is 1.29 bits per heavy atom. The van der Waals surface area contributed by atoms with E-state index in [0.29, 0.717) is 45.4 Å². The summed E-state index contributed by atoms with van der Waals surface area (Å²) in [6, 6.07) is 19.7. The van der Waals surface area contributed by atoms with E-state index in [-0.39, 0.29) is 11.5 Å². The number of hydrogen-bond donors (Lipinski definition) is 2. The number of aromatic hydroxyl groups is 2. The molecule has 2 N–H and O–H groups in total. The molecule has 0 radical (unpaired) electrons. The summed E-state index contributed by atoms with van der Waals surface area (Å²) in [5.41, 5.74) is 4.58. The van der Waals surface area contributed by atoms with Gasteiger partial charge in [-0.25, -0.2) is 9.97 Å². The van der Waals surface area contributed by atoms with E-state index in [1.807, 2.05) is 49.4 Å². The molecule has 0 atom stereocenters. The summed E-state index contributed by atoms with van der Waals surface area (Å²) in [5.74, 6) is 1.18. The van der Waals surface area contributed by atoms with Crippen LogP contribution in [-0.2, 0) is 0 Å². The molecule has 6 nitrogen and oxygen atoms in total. The molecular weight excluding hydrogens is 392 g/mol. The Morgan fingerprint density at radius 3 is 1.90 bits per heavy atom. The smallest absolute Gasteiger partial charge is 0.167 e. The van der Waals surface area contributed by atoms with Gasteiger partial charge in [-0.3, -0.25) is 0 Å². The summed E-state index contributed by atoms with van der Waals surface area (Å²) in [6.45, 7) is 1.93. The van der Waals surface area contributed by atoms with Gasteiger partial charge < -0.3 is 19.7 Å². The zero-order valence-electron chi connectivity index (χ0n) is 17.5. The molecule has 2 aromatic carbocycles. The minimum Gasteiger partial charge on any atom is -0.507 e. The van der Waals surface area contributed by atoms with Gasteiger partial charge in [0.1, 0.15) is 11.5 Å². The highest BCUT2D eigenvalue weighted by Crippen LogP contribution is 2.38. The minimum absolute atomic E-state index is 0.0424. The van der Waals surface area contributed by atoms with E-state index in [0.717, 1.165) is 5.56 Å². The van der Waals surface area contributed by atoms with Crippen molar-refractivity contribution in [2.75, 3.05) is 14.2 Å². The highest BCUT2D eigenvalue weighted by atomic mass is 16.5. The number of pyridine rings is 2. The van der Waals surface area contributed by atoms with E-state index >= 15 is 0 Å². The molecule has 4 aromatic rings. The molecule has 0 saturated carbocycles. The highest BCUT2D eigenvalue weighted by Gasteiger charge is 2.14. The SMILES string of the molecule is COc1ccc(O)c(-c2cccc(-c3cccc(-c4cc(C)cc(OC)c4O)n3)n2)c1. The van der Waals surface area contributed by atoms with E-state index in [4.69, 9.17) is 19.4 Å². The van der Waals surface area contributed by atoms with Crippen molar-refractivity contribution >= 4 is 0 Å². The molecule has 2 aromatic heterocycles.